The van der Waals surface area contributed by atoms with Crippen molar-refractivity contribution in [3.8, 4) is 11.5 Å². The molecule has 1 saturated heterocycles. The number of halogens is 1. The molecule has 0 atom stereocenters. The predicted octanol–water partition coefficient (Wildman–Crippen LogP) is 3.29. The molecule has 0 radical (unpaired) electrons. The summed E-state index contributed by atoms with van der Waals surface area (Å²) >= 11 is 0. The number of piperidine rings is 1. The average molecular weight is 382 g/mol. The Kier molecular flexibility index (Phi) is 6.12. The summed E-state index contributed by atoms with van der Waals surface area (Å²) in [6.07, 6.45) is 4.31. The van der Waals surface area contributed by atoms with Gasteiger partial charge in [-0.2, -0.15) is 0 Å². The third kappa shape index (κ3) is 4.00. The molecule has 0 saturated carbocycles. The lowest BCUT2D eigenvalue weighted by molar-refractivity contribution is 0.355. The first-order valence-corrected chi connectivity index (χ1v) is 10.1. The third-order valence-corrected chi connectivity index (χ3v) is 5.63. The van der Waals surface area contributed by atoms with Crippen molar-refractivity contribution >= 4 is 25.0 Å². The van der Waals surface area contributed by atoms with E-state index in [4.69, 9.17) is 19.3 Å². The SMILES string of the molecule is COc1cc2ncc(F)c(N3CCC(CCP(O)O)CC3)c2cc1OC. The van der Waals surface area contributed by atoms with Gasteiger partial charge in [-0.1, -0.05) is 0 Å². The normalized spacial score (nSPS) is 15.7. The van der Waals surface area contributed by atoms with E-state index in [2.05, 4.69) is 4.98 Å². The maximum atomic E-state index is 14.6. The quantitative estimate of drug-likeness (QED) is 0.747. The van der Waals surface area contributed by atoms with E-state index in [0.29, 0.717) is 40.2 Å². The van der Waals surface area contributed by atoms with Crippen LogP contribution in [0, 0.1) is 11.7 Å². The summed E-state index contributed by atoms with van der Waals surface area (Å²) < 4.78 is 25.3. The zero-order valence-electron chi connectivity index (χ0n) is 15.0. The van der Waals surface area contributed by atoms with Gasteiger partial charge in [-0.05, 0) is 31.2 Å². The molecule has 2 heterocycles. The highest BCUT2D eigenvalue weighted by molar-refractivity contribution is 7.45. The topological polar surface area (TPSA) is 75.1 Å². The van der Waals surface area contributed by atoms with Gasteiger partial charge in [-0.15, -0.1) is 0 Å². The standard InChI is InChI=1S/C18H24FN2O4P/c1-24-16-9-13-15(10-17(16)25-2)20-11-14(19)18(13)21-6-3-12(4-7-21)5-8-26(22)23/h9-12,22-23H,3-8H2,1-2H3. The number of aromatic nitrogens is 1. The van der Waals surface area contributed by atoms with Crippen LogP contribution in [0.4, 0.5) is 10.1 Å². The summed E-state index contributed by atoms with van der Waals surface area (Å²) in [6.45, 7) is 1.45. The second-order valence-corrected chi connectivity index (χ2v) is 7.69. The second kappa shape index (κ2) is 8.33. The maximum absolute atomic E-state index is 14.6. The van der Waals surface area contributed by atoms with E-state index >= 15 is 0 Å². The zero-order chi connectivity index (χ0) is 18.7. The molecular formula is C18H24FN2O4P. The van der Waals surface area contributed by atoms with Gasteiger partial charge in [-0.25, -0.2) is 4.39 Å². The van der Waals surface area contributed by atoms with Gasteiger partial charge in [0.1, 0.15) is 0 Å². The van der Waals surface area contributed by atoms with Gasteiger partial charge in [0, 0.05) is 30.7 Å². The molecule has 3 rings (SSSR count). The van der Waals surface area contributed by atoms with Crippen molar-refractivity contribution in [3.63, 3.8) is 0 Å². The van der Waals surface area contributed by atoms with Gasteiger partial charge < -0.3 is 24.2 Å². The van der Waals surface area contributed by atoms with E-state index < -0.39 is 8.38 Å². The Balaban J connectivity index is 1.87. The molecule has 1 aromatic carbocycles. The highest BCUT2D eigenvalue weighted by Gasteiger charge is 2.24. The van der Waals surface area contributed by atoms with Crippen LogP contribution in [0.15, 0.2) is 18.3 Å². The molecule has 1 aliphatic rings. The Morgan fingerprint density at radius 3 is 2.46 bits per heavy atom. The first-order valence-electron chi connectivity index (χ1n) is 8.64. The third-order valence-electron chi connectivity index (χ3n) is 4.97. The fourth-order valence-corrected chi connectivity index (χ4v) is 4.14. The van der Waals surface area contributed by atoms with Crippen LogP contribution in [0.1, 0.15) is 19.3 Å². The van der Waals surface area contributed by atoms with E-state index in [9.17, 15) is 4.39 Å². The predicted molar refractivity (Wildman–Crippen MR) is 101 cm³/mol. The molecule has 0 amide bonds. The number of hydrogen-bond acceptors (Lipinski definition) is 6. The molecule has 1 aliphatic heterocycles. The lowest BCUT2D eigenvalue weighted by Crippen LogP contribution is -2.34. The van der Waals surface area contributed by atoms with Crippen LogP contribution in [0.25, 0.3) is 10.9 Å². The molecule has 0 bridgehead atoms. The maximum Gasteiger partial charge on any atom is 0.165 e. The summed E-state index contributed by atoms with van der Waals surface area (Å²) in [5.74, 6) is 1.20. The molecule has 1 aromatic heterocycles. The Hall–Kier alpha value is -1.69. The molecule has 1 fully saturated rings. The molecule has 142 valence electrons. The molecule has 8 heteroatoms. The van der Waals surface area contributed by atoms with Gasteiger partial charge in [0.05, 0.1) is 31.6 Å². The molecule has 0 spiro atoms. The Bertz CT molecular complexity index is 766. The minimum atomic E-state index is -1.83. The van der Waals surface area contributed by atoms with E-state index in [0.717, 1.165) is 32.4 Å². The van der Waals surface area contributed by atoms with Gasteiger partial charge in [0.2, 0.25) is 0 Å². The van der Waals surface area contributed by atoms with Gasteiger partial charge >= 0.3 is 0 Å². The van der Waals surface area contributed by atoms with Crippen molar-refractivity contribution in [2.45, 2.75) is 19.3 Å². The van der Waals surface area contributed by atoms with E-state index in [1.807, 2.05) is 4.90 Å². The lowest BCUT2D eigenvalue weighted by Gasteiger charge is -2.34. The van der Waals surface area contributed by atoms with Gasteiger partial charge in [0.15, 0.2) is 25.7 Å². The Morgan fingerprint density at radius 2 is 1.85 bits per heavy atom. The summed E-state index contributed by atoms with van der Waals surface area (Å²) in [5, 5.41) is 0.704. The molecule has 0 aliphatic carbocycles. The first kappa shape index (κ1) is 19.1. The number of nitrogens with zero attached hydrogens (tertiary/aromatic N) is 2. The van der Waals surface area contributed by atoms with Crippen LogP contribution in [-0.2, 0) is 0 Å². The smallest absolute Gasteiger partial charge is 0.165 e. The van der Waals surface area contributed by atoms with E-state index in [-0.39, 0.29) is 5.82 Å². The molecule has 26 heavy (non-hydrogen) atoms. The van der Waals surface area contributed by atoms with Crippen molar-refractivity contribution in [1.29, 1.82) is 0 Å². The molecule has 0 unspecified atom stereocenters. The lowest BCUT2D eigenvalue weighted by atomic mass is 9.93. The van der Waals surface area contributed by atoms with Gasteiger partial charge in [0.25, 0.3) is 0 Å². The Labute approximate surface area is 153 Å². The van der Waals surface area contributed by atoms with Crippen LogP contribution in [0.3, 0.4) is 0 Å². The summed E-state index contributed by atoms with van der Waals surface area (Å²) in [5.41, 5.74) is 1.20. The fourth-order valence-electron chi connectivity index (χ4n) is 3.55. The molecule has 2 aromatic rings. The minimum Gasteiger partial charge on any atom is -0.493 e. The van der Waals surface area contributed by atoms with Crippen LogP contribution in [0.5, 0.6) is 11.5 Å². The number of fused-ring (bicyclic) bond motifs is 1. The first-order chi connectivity index (χ1) is 12.5. The largest absolute Gasteiger partial charge is 0.493 e. The van der Waals surface area contributed by atoms with Crippen molar-refractivity contribution in [3.05, 3.63) is 24.1 Å². The number of methoxy groups -OCH3 is 2. The van der Waals surface area contributed by atoms with Crippen LogP contribution in [-0.4, -0.2) is 48.2 Å². The summed E-state index contributed by atoms with van der Waals surface area (Å²) in [7, 11) is 1.29. The van der Waals surface area contributed by atoms with Crippen LogP contribution >= 0.6 is 8.38 Å². The van der Waals surface area contributed by atoms with Crippen LogP contribution < -0.4 is 14.4 Å². The molecular weight excluding hydrogens is 358 g/mol. The zero-order valence-corrected chi connectivity index (χ0v) is 15.9. The summed E-state index contributed by atoms with van der Waals surface area (Å²) in [6, 6.07) is 3.53. The molecule has 2 N–H and O–H groups in total. The average Bonchev–Trinajstić information content (AvgIpc) is 2.65. The van der Waals surface area contributed by atoms with Crippen LogP contribution in [0.2, 0.25) is 0 Å². The highest BCUT2D eigenvalue weighted by atomic mass is 31.2. The number of pyridine rings is 1. The molecule has 6 nitrogen and oxygen atoms in total. The number of ether oxygens (including phenoxy) is 2. The fraction of sp³-hybridized carbons (Fsp3) is 0.500. The monoisotopic (exact) mass is 382 g/mol. The van der Waals surface area contributed by atoms with Crippen molar-refractivity contribution in [1.82, 2.24) is 4.98 Å². The number of benzene rings is 1. The van der Waals surface area contributed by atoms with E-state index in [1.165, 1.54) is 6.20 Å². The number of hydrogen-bond donors (Lipinski definition) is 2. The van der Waals surface area contributed by atoms with E-state index in [1.54, 1.807) is 26.4 Å². The Morgan fingerprint density at radius 1 is 1.19 bits per heavy atom. The minimum absolute atomic E-state index is 0.350. The second-order valence-electron chi connectivity index (χ2n) is 6.49. The summed E-state index contributed by atoms with van der Waals surface area (Å²) in [4.78, 5) is 24.4. The van der Waals surface area contributed by atoms with Crippen molar-refractivity contribution in [2.24, 2.45) is 5.92 Å². The van der Waals surface area contributed by atoms with Gasteiger partial charge in [-0.3, -0.25) is 4.98 Å². The van der Waals surface area contributed by atoms with Crippen molar-refractivity contribution in [2.75, 3.05) is 38.4 Å². The highest BCUT2D eigenvalue weighted by Crippen LogP contribution is 2.38. The number of rotatable bonds is 6. The number of anilines is 1. The van der Waals surface area contributed by atoms with Crippen molar-refractivity contribution < 1.29 is 23.7 Å².